The first-order valence-corrected chi connectivity index (χ1v) is 7.49. The summed E-state index contributed by atoms with van der Waals surface area (Å²) in [6.45, 7) is 1.33. The molecule has 1 aromatic carbocycles. The van der Waals surface area contributed by atoms with Crippen LogP contribution < -0.4 is 5.32 Å². The third-order valence-corrected chi connectivity index (χ3v) is 4.38. The molecule has 0 radical (unpaired) electrons. The average molecular weight is 311 g/mol. The van der Waals surface area contributed by atoms with Gasteiger partial charge in [-0.1, -0.05) is 11.6 Å². The van der Waals surface area contributed by atoms with Crippen molar-refractivity contribution in [2.24, 2.45) is 0 Å². The molecule has 7 heteroatoms. The van der Waals surface area contributed by atoms with E-state index in [1.54, 1.807) is 0 Å². The van der Waals surface area contributed by atoms with E-state index in [1.807, 2.05) is 0 Å². The van der Waals surface area contributed by atoms with Crippen LogP contribution in [0.15, 0.2) is 52.5 Å². The summed E-state index contributed by atoms with van der Waals surface area (Å²) in [6.07, 6.45) is 2.74. The Bertz CT molecular complexity index is 745. The molecule has 104 valence electrons. The molecule has 0 saturated carbocycles. The van der Waals surface area contributed by atoms with Crippen LogP contribution in [0, 0.1) is 0 Å². The van der Waals surface area contributed by atoms with Gasteiger partial charge in [0, 0.05) is 30.0 Å². The maximum absolute atomic E-state index is 12.4. The van der Waals surface area contributed by atoms with Crippen molar-refractivity contribution in [3.63, 3.8) is 0 Å². The number of hydrogen-bond donors (Lipinski definition) is 1. The molecule has 2 rings (SSSR count). The molecular formula is C13H11ClN2O3S. The summed E-state index contributed by atoms with van der Waals surface area (Å²) >= 11 is 5.90. The van der Waals surface area contributed by atoms with Crippen LogP contribution in [0.2, 0.25) is 5.02 Å². The van der Waals surface area contributed by atoms with Gasteiger partial charge in [-0.25, -0.2) is 8.42 Å². The zero-order valence-corrected chi connectivity index (χ0v) is 12.1. The minimum absolute atomic E-state index is 0.00162. The molecule has 0 spiro atoms. The predicted octanol–water partition coefficient (Wildman–Crippen LogP) is 2.53. The normalized spacial score (nSPS) is 11.1. The molecule has 1 N–H and O–H groups in total. The maximum atomic E-state index is 12.4. The van der Waals surface area contributed by atoms with E-state index in [9.17, 15) is 13.2 Å². The summed E-state index contributed by atoms with van der Waals surface area (Å²) in [7, 11) is -3.72. The standard InChI is InChI=1S/C13H11ClN2O3S/c1-9(17)16-11-5-10(14)6-13(7-11)20(18,19)12-3-2-4-15-8-12/h2-8H,1H3,(H,16,17). The minimum atomic E-state index is -3.72. The smallest absolute Gasteiger partial charge is 0.221 e. The van der Waals surface area contributed by atoms with Crippen molar-refractivity contribution >= 4 is 33.0 Å². The molecule has 0 saturated heterocycles. The molecular weight excluding hydrogens is 300 g/mol. The lowest BCUT2D eigenvalue weighted by Gasteiger charge is -2.08. The second-order valence-corrected chi connectivity index (χ2v) is 6.44. The van der Waals surface area contributed by atoms with Crippen molar-refractivity contribution in [3.8, 4) is 0 Å². The number of nitrogens with one attached hydrogen (secondary N) is 1. The second kappa shape index (κ2) is 5.60. The number of carbonyl (C=O) groups excluding carboxylic acids is 1. The average Bonchev–Trinajstić information content (AvgIpc) is 2.38. The van der Waals surface area contributed by atoms with E-state index in [0.717, 1.165) is 0 Å². The Morgan fingerprint density at radius 1 is 1.25 bits per heavy atom. The predicted molar refractivity (Wildman–Crippen MR) is 75.4 cm³/mol. The number of halogens is 1. The van der Waals surface area contributed by atoms with Crippen LogP contribution in [-0.4, -0.2) is 19.3 Å². The fourth-order valence-electron chi connectivity index (χ4n) is 1.64. The van der Waals surface area contributed by atoms with Crippen molar-refractivity contribution in [2.75, 3.05) is 5.32 Å². The van der Waals surface area contributed by atoms with E-state index >= 15 is 0 Å². The van der Waals surface area contributed by atoms with Gasteiger partial charge in [-0.3, -0.25) is 9.78 Å². The largest absolute Gasteiger partial charge is 0.326 e. The second-order valence-electron chi connectivity index (χ2n) is 4.05. The lowest BCUT2D eigenvalue weighted by Crippen LogP contribution is -2.08. The van der Waals surface area contributed by atoms with Crippen LogP contribution >= 0.6 is 11.6 Å². The maximum Gasteiger partial charge on any atom is 0.221 e. The molecule has 5 nitrogen and oxygen atoms in total. The number of amides is 1. The number of carbonyl (C=O) groups is 1. The molecule has 2 aromatic rings. The first-order valence-electron chi connectivity index (χ1n) is 5.63. The summed E-state index contributed by atoms with van der Waals surface area (Å²) in [5, 5.41) is 2.73. The van der Waals surface area contributed by atoms with Gasteiger partial charge in [0.25, 0.3) is 0 Å². The zero-order chi connectivity index (χ0) is 14.8. The molecule has 0 aliphatic rings. The molecule has 0 unspecified atom stereocenters. The SMILES string of the molecule is CC(=O)Nc1cc(Cl)cc(S(=O)(=O)c2cccnc2)c1. The van der Waals surface area contributed by atoms with Crippen LogP contribution in [0.3, 0.4) is 0 Å². The molecule has 0 bridgehead atoms. The number of pyridine rings is 1. The van der Waals surface area contributed by atoms with E-state index < -0.39 is 9.84 Å². The van der Waals surface area contributed by atoms with Gasteiger partial charge in [0.1, 0.15) is 0 Å². The highest BCUT2D eigenvalue weighted by Gasteiger charge is 2.19. The minimum Gasteiger partial charge on any atom is -0.326 e. The van der Waals surface area contributed by atoms with Crippen molar-refractivity contribution in [1.29, 1.82) is 0 Å². The van der Waals surface area contributed by atoms with Crippen molar-refractivity contribution in [2.45, 2.75) is 16.7 Å². The van der Waals surface area contributed by atoms with Crippen molar-refractivity contribution < 1.29 is 13.2 Å². The Balaban J connectivity index is 2.52. The van der Waals surface area contributed by atoms with E-state index in [1.165, 1.54) is 49.6 Å². The molecule has 0 aliphatic heterocycles. The molecule has 0 fully saturated rings. The molecule has 1 amide bonds. The van der Waals surface area contributed by atoms with Crippen LogP contribution in [0.5, 0.6) is 0 Å². The van der Waals surface area contributed by atoms with Gasteiger partial charge in [-0.05, 0) is 30.3 Å². The highest BCUT2D eigenvalue weighted by Crippen LogP contribution is 2.26. The lowest BCUT2D eigenvalue weighted by molar-refractivity contribution is -0.114. The van der Waals surface area contributed by atoms with E-state index in [0.29, 0.717) is 5.69 Å². The Morgan fingerprint density at radius 2 is 2.00 bits per heavy atom. The number of anilines is 1. The Hall–Kier alpha value is -1.92. The van der Waals surface area contributed by atoms with Crippen LogP contribution in [0.4, 0.5) is 5.69 Å². The number of benzene rings is 1. The third-order valence-electron chi connectivity index (χ3n) is 2.45. The van der Waals surface area contributed by atoms with E-state index in [-0.39, 0.29) is 20.7 Å². The fraction of sp³-hybridized carbons (Fsp3) is 0.0769. The summed E-state index contributed by atoms with van der Waals surface area (Å²) < 4.78 is 24.8. The van der Waals surface area contributed by atoms with Gasteiger partial charge >= 0.3 is 0 Å². The topological polar surface area (TPSA) is 76.1 Å². The number of rotatable bonds is 3. The first-order chi connectivity index (χ1) is 9.39. The van der Waals surface area contributed by atoms with E-state index in [4.69, 9.17) is 11.6 Å². The third kappa shape index (κ3) is 3.15. The van der Waals surface area contributed by atoms with Gasteiger partial charge in [0.2, 0.25) is 15.7 Å². The summed E-state index contributed by atoms with van der Waals surface area (Å²) in [6, 6.07) is 7.14. The zero-order valence-electron chi connectivity index (χ0n) is 10.5. The highest BCUT2D eigenvalue weighted by atomic mass is 35.5. The monoisotopic (exact) mass is 310 g/mol. The van der Waals surface area contributed by atoms with Crippen molar-refractivity contribution in [3.05, 3.63) is 47.7 Å². The van der Waals surface area contributed by atoms with Gasteiger partial charge < -0.3 is 5.32 Å². The Morgan fingerprint density at radius 3 is 2.60 bits per heavy atom. The van der Waals surface area contributed by atoms with Crippen molar-refractivity contribution in [1.82, 2.24) is 4.98 Å². The Kier molecular flexibility index (Phi) is 4.06. The lowest BCUT2D eigenvalue weighted by atomic mass is 10.3. The molecule has 0 aliphatic carbocycles. The summed E-state index contributed by atoms with van der Waals surface area (Å²) in [5.74, 6) is -0.308. The molecule has 0 atom stereocenters. The molecule has 20 heavy (non-hydrogen) atoms. The summed E-state index contributed by atoms with van der Waals surface area (Å²) in [5.41, 5.74) is 0.326. The van der Waals surface area contributed by atoms with Gasteiger partial charge in [0.15, 0.2) is 0 Å². The van der Waals surface area contributed by atoms with Gasteiger partial charge in [-0.2, -0.15) is 0 Å². The number of hydrogen-bond acceptors (Lipinski definition) is 4. The Labute approximate surface area is 121 Å². The van der Waals surface area contributed by atoms with E-state index in [2.05, 4.69) is 10.3 Å². The number of nitrogens with zero attached hydrogens (tertiary/aromatic N) is 1. The van der Waals surface area contributed by atoms with Crippen LogP contribution in [0.1, 0.15) is 6.92 Å². The number of sulfone groups is 1. The molecule has 1 aromatic heterocycles. The first kappa shape index (κ1) is 14.5. The van der Waals surface area contributed by atoms with Gasteiger partial charge in [0.05, 0.1) is 9.79 Å². The van der Waals surface area contributed by atoms with Crippen LogP contribution in [-0.2, 0) is 14.6 Å². The van der Waals surface area contributed by atoms with Gasteiger partial charge in [-0.15, -0.1) is 0 Å². The fourth-order valence-corrected chi connectivity index (χ4v) is 3.23. The quantitative estimate of drug-likeness (QED) is 0.945. The number of aromatic nitrogens is 1. The summed E-state index contributed by atoms with van der Waals surface area (Å²) in [4.78, 5) is 14.9. The molecule has 1 heterocycles. The van der Waals surface area contributed by atoms with Crippen LogP contribution in [0.25, 0.3) is 0 Å². The highest BCUT2D eigenvalue weighted by molar-refractivity contribution is 7.91.